The molecule has 5 heteroatoms. The third-order valence-electron chi connectivity index (χ3n) is 2.99. The SMILES string of the molecule is CC(C)c1ccc(OC(=O)c2ncccc2C(=O)O)cc1. The van der Waals surface area contributed by atoms with E-state index >= 15 is 0 Å². The van der Waals surface area contributed by atoms with Crippen molar-refractivity contribution in [1.82, 2.24) is 4.98 Å². The highest BCUT2D eigenvalue weighted by Crippen LogP contribution is 2.19. The van der Waals surface area contributed by atoms with E-state index in [4.69, 9.17) is 9.84 Å². The molecule has 0 aliphatic heterocycles. The van der Waals surface area contributed by atoms with Crippen LogP contribution in [0.1, 0.15) is 46.2 Å². The van der Waals surface area contributed by atoms with Crippen LogP contribution in [-0.4, -0.2) is 22.0 Å². The molecule has 0 bridgehead atoms. The van der Waals surface area contributed by atoms with Gasteiger partial charge in [-0.3, -0.25) is 0 Å². The Balaban J connectivity index is 2.20. The van der Waals surface area contributed by atoms with Crippen molar-refractivity contribution in [3.63, 3.8) is 0 Å². The van der Waals surface area contributed by atoms with Crippen molar-refractivity contribution in [2.24, 2.45) is 0 Å². The largest absolute Gasteiger partial charge is 0.478 e. The summed E-state index contributed by atoms with van der Waals surface area (Å²) in [6, 6.07) is 9.85. The van der Waals surface area contributed by atoms with E-state index in [0.29, 0.717) is 11.7 Å². The number of hydrogen-bond acceptors (Lipinski definition) is 4. The van der Waals surface area contributed by atoms with E-state index in [1.165, 1.54) is 18.3 Å². The zero-order chi connectivity index (χ0) is 15.4. The molecule has 2 rings (SSSR count). The van der Waals surface area contributed by atoms with Gasteiger partial charge in [0.2, 0.25) is 0 Å². The first-order valence-corrected chi connectivity index (χ1v) is 6.49. The number of carboxylic acid groups (broad SMARTS) is 1. The Kier molecular flexibility index (Phi) is 4.33. The van der Waals surface area contributed by atoms with Crippen LogP contribution >= 0.6 is 0 Å². The Morgan fingerprint density at radius 3 is 2.38 bits per heavy atom. The summed E-state index contributed by atoms with van der Waals surface area (Å²) < 4.78 is 5.16. The lowest BCUT2D eigenvalue weighted by atomic mass is 10.0. The van der Waals surface area contributed by atoms with Gasteiger partial charge >= 0.3 is 11.9 Å². The number of aromatic nitrogens is 1. The van der Waals surface area contributed by atoms with Crippen molar-refractivity contribution >= 4 is 11.9 Å². The van der Waals surface area contributed by atoms with Gasteiger partial charge in [0.05, 0.1) is 5.56 Å². The van der Waals surface area contributed by atoms with Gasteiger partial charge in [-0.1, -0.05) is 26.0 Å². The van der Waals surface area contributed by atoms with Crippen LogP contribution in [0.3, 0.4) is 0 Å². The minimum atomic E-state index is -1.22. The lowest BCUT2D eigenvalue weighted by Gasteiger charge is -2.08. The van der Waals surface area contributed by atoms with Crippen LogP contribution in [0.2, 0.25) is 0 Å². The van der Waals surface area contributed by atoms with Crippen LogP contribution in [0, 0.1) is 0 Å². The number of carbonyl (C=O) groups is 2. The van der Waals surface area contributed by atoms with Gasteiger partial charge < -0.3 is 9.84 Å². The van der Waals surface area contributed by atoms with Crippen LogP contribution in [0.5, 0.6) is 5.75 Å². The van der Waals surface area contributed by atoms with Gasteiger partial charge in [-0.25, -0.2) is 14.6 Å². The summed E-state index contributed by atoms with van der Waals surface area (Å²) in [6.07, 6.45) is 1.35. The van der Waals surface area contributed by atoms with Gasteiger partial charge in [0.15, 0.2) is 5.69 Å². The van der Waals surface area contributed by atoms with Gasteiger partial charge in [0, 0.05) is 6.20 Å². The fraction of sp³-hybridized carbons (Fsp3) is 0.188. The topological polar surface area (TPSA) is 76.5 Å². The van der Waals surface area contributed by atoms with Gasteiger partial charge in [0.25, 0.3) is 0 Å². The van der Waals surface area contributed by atoms with E-state index in [2.05, 4.69) is 18.8 Å². The summed E-state index contributed by atoms with van der Waals surface area (Å²) in [5, 5.41) is 9.03. The first kappa shape index (κ1) is 14.7. The van der Waals surface area contributed by atoms with Crippen LogP contribution < -0.4 is 4.74 Å². The molecule has 0 radical (unpaired) electrons. The number of carbonyl (C=O) groups excluding carboxylic acids is 1. The predicted octanol–water partition coefficient (Wildman–Crippen LogP) is 3.12. The molecule has 1 N–H and O–H groups in total. The number of hydrogen-bond donors (Lipinski definition) is 1. The molecular weight excluding hydrogens is 270 g/mol. The van der Waals surface area contributed by atoms with Crippen molar-refractivity contribution < 1.29 is 19.4 Å². The summed E-state index contributed by atoms with van der Waals surface area (Å²) in [5.74, 6) is -1.27. The van der Waals surface area contributed by atoms with Gasteiger partial charge in [-0.2, -0.15) is 0 Å². The normalized spacial score (nSPS) is 10.4. The summed E-state index contributed by atoms with van der Waals surface area (Å²) in [7, 11) is 0. The van der Waals surface area contributed by atoms with Gasteiger partial charge in [-0.05, 0) is 35.7 Å². The van der Waals surface area contributed by atoms with E-state index in [-0.39, 0.29) is 11.3 Å². The molecule has 0 unspecified atom stereocenters. The predicted molar refractivity (Wildman–Crippen MR) is 76.7 cm³/mol. The Labute approximate surface area is 122 Å². The highest BCUT2D eigenvalue weighted by molar-refractivity contribution is 6.01. The second-order valence-corrected chi connectivity index (χ2v) is 4.82. The summed E-state index contributed by atoms with van der Waals surface area (Å²) in [5.41, 5.74) is 0.734. The Bertz CT molecular complexity index is 662. The molecule has 0 amide bonds. The maximum absolute atomic E-state index is 12.0. The number of nitrogens with zero attached hydrogens (tertiary/aromatic N) is 1. The molecule has 2 aromatic rings. The molecular formula is C16H15NO4. The number of esters is 1. The van der Waals surface area contributed by atoms with E-state index in [0.717, 1.165) is 5.56 Å². The van der Waals surface area contributed by atoms with Crippen molar-refractivity contribution in [1.29, 1.82) is 0 Å². The maximum Gasteiger partial charge on any atom is 0.363 e. The quantitative estimate of drug-likeness (QED) is 0.690. The molecule has 1 aromatic heterocycles. The third-order valence-corrected chi connectivity index (χ3v) is 2.99. The number of benzene rings is 1. The number of pyridine rings is 1. The van der Waals surface area contributed by atoms with Gasteiger partial charge in [0.1, 0.15) is 5.75 Å². The van der Waals surface area contributed by atoms with Crippen LogP contribution in [0.4, 0.5) is 0 Å². The minimum Gasteiger partial charge on any atom is -0.478 e. The summed E-state index contributed by atoms with van der Waals surface area (Å²) in [6.45, 7) is 4.13. The van der Waals surface area contributed by atoms with Crippen LogP contribution in [0.15, 0.2) is 42.6 Å². The number of carboxylic acids is 1. The van der Waals surface area contributed by atoms with E-state index in [1.807, 2.05) is 12.1 Å². The molecule has 5 nitrogen and oxygen atoms in total. The minimum absolute atomic E-state index is 0.179. The smallest absolute Gasteiger partial charge is 0.363 e. The van der Waals surface area contributed by atoms with Crippen LogP contribution in [-0.2, 0) is 0 Å². The Hall–Kier alpha value is -2.69. The monoisotopic (exact) mass is 285 g/mol. The first-order valence-electron chi connectivity index (χ1n) is 6.49. The fourth-order valence-corrected chi connectivity index (χ4v) is 1.82. The van der Waals surface area contributed by atoms with E-state index < -0.39 is 11.9 Å². The molecule has 0 aliphatic rings. The lowest BCUT2D eigenvalue weighted by Crippen LogP contribution is -2.16. The average Bonchev–Trinajstić information content (AvgIpc) is 2.47. The number of rotatable bonds is 4. The zero-order valence-electron chi connectivity index (χ0n) is 11.7. The molecule has 0 spiro atoms. The molecule has 1 heterocycles. The summed E-state index contributed by atoms with van der Waals surface area (Å²) in [4.78, 5) is 26.8. The molecule has 0 saturated carbocycles. The highest BCUT2D eigenvalue weighted by atomic mass is 16.5. The fourth-order valence-electron chi connectivity index (χ4n) is 1.82. The summed E-state index contributed by atoms with van der Waals surface area (Å²) >= 11 is 0. The second kappa shape index (κ2) is 6.17. The van der Waals surface area contributed by atoms with Crippen molar-refractivity contribution in [2.75, 3.05) is 0 Å². The van der Waals surface area contributed by atoms with E-state index in [1.54, 1.807) is 12.1 Å². The molecule has 21 heavy (non-hydrogen) atoms. The first-order chi connectivity index (χ1) is 9.99. The molecule has 0 atom stereocenters. The zero-order valence-corrected chi connectivity index (χ0v) is 11.7. The van der Waals surface area contributed by atoms with Crippen LogP contribution in [0.25, 0.3) is 0 Å². The maximum atomic E-state index is 12.0. The third kappa shape index (κ3) is 3.45. The Morgan fingerprint density at radius 2 is 1.81 bits per heavy atom. The number of ether oxygens (including phenoxy) is 1. The van der Waals surface area contributed by atoms with Crippen molar-refractivity contribution in [2.45, 2.75) is 19.8 Å². The molecule has 1 aromatic carbocycles. The van der Waals surface area contributed by atoms with E-state index in [9.17, 15) is 9.59 Å². The van der Waals surface area contributed by atoms with Crippen molar-refractivity contribution in [3.05, 3.63) is 59.4 Å². The standard InChI is InChI=1S/C16H15NO4/c1-10(2)11-5-7-12(8-6-11)21-16(20)14-13(15(18)19)4-3-9-17-14/h3-10H,1-2H3,(H,18,19). The average molecular weight is 285 g/mol. The highest BCUT2D eigenvalue weighted by Gasteiger charge is 2.19. The van der Waals surface area contributed by atoms with Gasteiger partial charge in [-0.15, -0.1) is 0 Å². The Morgan fingerprint density at radius 1 is 1.14 bits per heavy atom. The molecule has 0 saturated heterocycles. The number of aromatic carboxylic acids is 1. The molecule has 0 aliphatic carbocycles. The lowest BCUT2D eigenvalue weighted by molar-refractivity contribution is 0.0664. The molecule has 0 fully saturated rings. The second-order valence-electron chi connectivity index (χ2n) is 4.82. The molecule has 108 valence electrons. The van der Waals surface area contributed by atoms with Crippen molar-refractivity contribution in [3.8, 4) is 5.75 Å².